The Morgan fingerprint density at radius 2 is 1.82 bits per heavy atom. The molecule has 0 spiro atoms. The number of carbonyl (C=O) groups excluding carboxylic acids is 1. The van der Waals surface area contributed by atoms with Gasteiger partial charge in [-0.05, 0) is 48.4 Å². The van der Waals surface area contributed by atoms with Gasteiger partial charge in [-0.2, -0.15) is 0 Å². The Kier molecular flexibility index (Phi) is 4.94. The first-order valence-electron chi connectivity index (χ1n) is 8.11. The van der Waals surface area contributed by atoms with Gasteiger partial charge in [-0.3, -0.25) is 4.79 Å². The third kappa shape index (κ3) is 3.18. The van der Waals surface area contributed by atoms with Crippen LogP contribution in [0, 0.1) is 11.8 Å². The zero-order valence-corrected chi connectivity index (χ0v) is 13.9. The third-order valence-electron chi connectivity index (χ3n) is 4.68. The number of hydrogen-bond acceptors (Lipinski definition) is 3. The first-order valence-corrected chi connectivity index (χ1v) is 8.11. The second-order valence-corrected chi connectivity index (χ2v) is 6.71. The number of allylic oxidation sites excluding steroid dienone is 2. The summed E-state index contributed by atoms with van der Waals surface area (Å²) in [4.78, 5) is 12.0. The molecule has 1 aliphatic rings. The van der Waals surface area contributed by atoms with E-state index in [4.69, 9.17) is 0 Å². The lowest BCUT2D eigenvalue weighted by Crippen LogP contribution is -2.26. The molecule has 22 heavy (non-hydrogen) atoms. The predicted molar refractivity (Wildman–Crippen MR) is 88.2 cm³/mol. The van der Waals surface area contributed by atoms with E-state index in [1.807, 2.05) is 13.0 Å². The molecule has 2 atom stereocenters. The van der Waals surface area contributed by atoms with E-state index in [-0.39, 0.29) is 29.1 Å². The molecule has 3 nitrogen and oxygen atoms in total. The molecule has 2 unspecified atom stereocenters. The average Bonchev–Trinajstić information content (AvgIpc) is 2.41. The highest BCUT2D eigenvalue weighted by molar-refractivity contribution is 5.96. The van der Waals surface area contributed by atoms with Crippen LogP contribution in [0.25, 0.3) is 0 Å². The topological polar surface area (TPSA) is 57.5 Å². The van der Waals surface area contributed by atoms with Gasteiger partial charge in [0.2, 0.25) is 0 Å². The van der Waals surface area contributed by atoms with Crippen LogP contribution in [0.4, 0.5) is 0 Å². The van der Waals surface area contributed by atoms with Gasteiger partial charge in [0.1, 0.15) is 11.5 Å². The van der Waals surface area contributed by atoms with Crippen LogP contribution >= 0.6 is 0 Å². The van der Waals surface area contributed by atoms with E-state index >= 15 is 0 Å². The van der Waals surface area contributed by atoms with Crippen LogP contribution < -0.4 is 0 Å². The number of ketones is 1. The predicted octanol–water partition coefficient (Wildman–Crippen LogP) is 4.33. The summed E-state index contributed by atoms with van der Waals surface area (Å²) in [6, 6.07) is 3.49. The van der Waals surface area contributed by atoms with E-state index in [9.17, 15) is 15.0 Å². The first kappa shape index (κ1) is 16.6. The summed E-state index contributed by atoms with van der Waals surface area (Å²) >= 11 is 0. The minimum atomic E-state index is -0.117. The van der Waals surface area contributed by atoms with Crippen LogP contribution in [0.2, 0.25) is 0 Å². The molecule has 0 fully saturated rings. The van der Waals surface area contributed by atoms with Gasteiger partial charge >= 0.3 is 0 Å². The maximum absolute atomic E-state index is 12.0. The van der Waals surface area contributed by atoms with E-state index in [0.29, 0.717) is 17.9 Å². The van der Waals surface area contributed by atoms with Crippen LogP contribution in [-0.4, -0.2) is 16.0 Å². The Bertz CT molecular complexity index is 576. The van der Waals surface area contributed by atoms with Crippen molar-refractivity contribution in [2.24, 2.45) is 11.8 Å². The van der Waals surface area contributed by atoms with E-state index in [2.05, 4.69) is 20.8 Å². The van der Waals surface area contributed by atoms with Gasteiger partial charge in [-0.25, -0.2) is 0 Å². The second-order valence-electron chi connectivity index (χ2n) is 6.71. The SMILES string of the molecule is CCCc1cc(O)c(C2C=C(C)C(=O)CC2C(C)C)c(O)c1. The van der Waals surface area contributed by atoms with E-state index in [0.717, 1.165) is 24.0 Å². The number of phenols is 2. The lowest BCUT2D eigenvalue weighted by Gasteiger charge is -2.33. The van der Waals surface area contributed by atoms with Crippen molar-refractivity contribution in [2.45, 2.75) is 52.9 Å². The maximum Gasteiger partial charge on any atom is 0.158 e. The Morgan fingerprint density at radius 3 is 2.32 bits per heavy atom. The lowest BCUT2D eigenvalue weighted by atomic mass is 9.71. The standard InChI is InChI=1S/C19H26O3/c1-5-6-13-8-17(21)19(18(22)9-13)15-7-12(4)16(20)10-14(15)11(2)3/h7-9,11,14-15,21-22H,5-6,10H2,1-4H3. The van der Waals surface area contributed by atoms with Crippen LogP contribution in [-0.2, 0) is 11.2 Å². The normalized spacial score (nSPS) is 22.0. The minimum Gasteiger partial charge on any atom is -0.507 e. The van der Waals surface area contributed by atoms with Gasteiger partial charge in [0.25, 0.3) is 0 Å². The quantitative estimate of drug-likeness (QED) is 0.870. The summed E-state index contributed by atoms with van der Waals surface area (Å²) in [5.41, 5.74) is 2.22. The summed E-state index contributed by atoms with van der Waals surface area (Å²) in [5.74, 6) is 0.720. The summed E-state index contributed by atoms with van der Waals surface area (Å²) < 4.78 is 0. The second kappa shape index (κ2) is 6.55. The number of aryl methyl sites for hydroxylation is 1. The van der Waals surface area contributed by atoms with Crippen molar-refractivity contribution in [3.05, 3.63) is 34.9 Å². The number of Topliss-reactive ketones (excluding diaryl/α,β-unsaturated/α-hetero) is 1. The molecule has 120 valence electrons. The highest BCUT2D eigenvalue weighted by Crippen LogP contribution is 2.46. The van der Waals surface area contributed by atoms with Gasteiger partial charge in [0.05, 0.1) is 0 Å². The molecule has 1 aromatic carbocycles. The van der Waals surface area contributed by atoms with Crippen molar-refractivity contribution in [1.82, 2.24) is 0 Å². The molecule has 1 aromatic rings. The fourth-order valence-electron chi connectivity index (χ4n) is 3.39. The van der Waals surface area contributed by atoms with E-state index in [1.165, 1.54) is 0 Å². The molecule has 0 radical (unpaired) electrons. The Labute approximate surface area is 132 Å². The van der Waals surface area contributed by atoms with Crippen molar-refractivity contribution < 1.29 is 15.0 Å². The Hall–Kier alpha value is -1.77. The summed E-state index contributed by atoms with van der Waals surface area (Å²) in [5, 5.41) is 20.9. The zero-order chi connectivity index (χ0) is 16.4. The third-order valence-corrected chi connectivity index (χ3v) is 4.68. The van der Waals surface area contributed by atoms with E-state index < -0.39 is 0 Å². The van der Waals surface area contributed by atoms with Crippen molar-refractivity contribution in [3.8, 4) is 11.5 Å². The number of benzene rings is 1. The molecule has 0 saturated heterocycles. The van der Waals surface area contributed by atoms with Crippen molar-refractivity contribution in [3.63, 3.8) is 0 Å². The van der Waals surface area contributed by atoms with Crippen LogP contribution in [0.3, 0.4) is 0 Å². The van der Waals surface area contributed by atoms with Gasteiger partial charge in [-0.15, -0.1) is 0 Å². The number of rotatable bonds is 4. The summed E-state index contributed by atoms with van der Waals surface area (Å²) in [6.45, 7) is 8.04. The van der Waals surface area contributed by atoms with Crippen molar-refractivity contribution in [1.29, 1.82) is 0 Å². The molecule has 2 N–H and O–H groups in total. The maximum atomic E-state index is 12.0. The molecular weight excluding hydrogens is 276 g/mol. The fraction of sp³-hybridized carbons (Fsp3) is 0.526. The number of hydrogen-bond donors (Lipinski definition) is 2. The van der Waals surface area contributed by atoms with Gasteiger partial charge in [-0.1, -0.05) is 33.3 Å². The lowest BCUT2D eigenvalue weighted by molar-refractivity contribution is -0.117. The summed E-state index contributed by atoms with van der Waals surface area (Å²) in [6.07, 6.45) is 4.17. The molecule has 0 saturated carbocycles. The van der Waals surface area contributed by atoms with Gasteiger partial charge < -0.3 is 10.2 Å². The molecule has 0 aliphatic heterocycles. The molecule has 0 aromatic heterocycles. The van der Waals surface area contributed by atoms with Crippen molar-refractivity contribution in [2.75, 3.05) is 0 Å². The van der Waals surface area contributed by atoms with Gasteiger partial charge in [0.15, 0.2) is 5.78 Å². The number of phenolic OH excluding ortho intramolecular Hbond substituents is 2. The number of carbonyl (C=O) groups is 1. The highest BCUT2D eigenvalue weighted by atomic mass is 16.3. The smallest absolute Gasteiger partial charge is 0.158 e. The summed E-state index contributed by atoms with van der Waals surface area (Å²) in [7, 11) is 0. The Balaban J connectivity index is 2.50. The number of aromatic hydroxyl groups is 2. The van der Waals surface area contributed by atoms with Crippen LogP contribution in [0.1, 0.15) is 57.6 Å². The monoisotopic (exact) mass is 302 g/mol. The van der Waals surface area contributed by atoms with Crippen molar-refractivity contribution >= 4 is 5.78 Å². The molecular formula is C19H26O3. The minimum absolute atomic E-state index is 0.102. The van der Waals surface area contributed by atoms with Crippen LogP contribution in [0.15, 0.2) is 23.8 Å². The van der Waals surface area contributed by atoms with Gasteiger partial charge in [0, 0.05) is 17.9 Å². The molecule has 0 amide bonds. The van der Waals surface area contributed by atoms with Crippen LogP contribution in [0.5, 0.6) is 11.5 Å². The first-order chi connectivity index (χ1) is 10.3. The average molecular weight is 302 g/mol. The molecule has 2 rings (SSSR count). The molecule has 0 bridgehead atoms. The van der Waals surface area contributed by atoms with E-state index in [1.54, 1.807) is 12.1 Å². The molecule has 1 aliphatic carbocycles. The largest absolute Gasteiger partial charge is 0.507 e. The molecule has 0 heterocycles. The Morgan fingerprint density at radius 1 is 1.23 bits per heavy atom. The fourth-order valence-corrected chi connectivity index (χ4v) is 3.39. The highest BCUT2D eigenvalue weighted by Gasteiger charge is 2.34. The molecule has 3 heteroatoms. The zero-order valence-electron chi connectivity index (χ0n) is 13.9.